The molecule has 0 aliphatic rings. The summed E-state index contributed by atoms with van der Waals surface area (Å²) in [6, 6.07) is -1.35. The van der Waals surface area contributed by atoms with Gasteiger partial charge in [-0.15, -0.1) is 0 Å². The molecule has 0 bridgehead atoms. The number of aliphatic carboxylic acids is 1. The standard InChI is InChI=1S/C11H18N4O3/c1-2-3-4-8(10(16)17)15-11(18)14-7-9-12-5-6-13-9/h5-6,8H,2-4,7H2,1H3,(H,12,13)(H,16,17)(H2,14,15,18). The summed E-state index contributed by atoms with van der Waals surface area (Å²) in [5.74, 6) is -0.401. The van der Waals surface area contributed by atoms with E-state index in [1.165, 1.54) is 0 Å². The van der Waals surface area contributed by atoms with Crippen molar-refractivity contribution in [2.75, 3.05) is 0 Å². The highest BCUT2D eigenvalue weighted by Gasteiger charge is 2.18. The second-order valence-electron chi connectivity index (χ2n) is 3.90. The van der Waals surface area contributed by atoms with Gasteiger partial charge in [-0.2, -0.15) is 0 Å². The Labute approximate surface area is 105 Å². The molecule has 4 N–H and O–H groups in total. The minimum Gasteiger partial charge on any atom is -0.480 e. The summed E-state index contributed by atoms with van der Waals surface area (Å²) in [7, 11) is 0. The molecule has 0 radical (unpaired) electrons. The molecule has 7 heteroatoms. The number of nitrogens with one attached hydrogen (secondary N) is 3. The maximum atomic E-state index is 11.5. The molecule has 1 atom stereocenters. The maximum Gasteiger partial charge on any atom is 0.326 e. The fourth-order valence-electron chi connectivity index (χ4n) is 1.43. The lowest BCUT2D eigenvalue weighted by atomic mass is 10.1. The second-order valence-corrected chi connectivity index (χ2v) is 3.90. The highest BCUT2D eigenvalue weighted by Crippen LogP contribution is 2.00. The molecule has 1 rings (SSSR count). The molecule has 1 aromatic heterocycles. The number of hydrogen-bond donors (Lipinski definition) is 4. The number of amides is 2. The van der Waals surface area contributed by atoms with E-state index < -0.39 is 18.0 Å². The fourth-order valence-corrected chi connectivity index (χ4v) is 1.43. The van der Waals surface area contributed by atoms with E-state index >= 15 is 0 Å². The molecule has 0 aliphatic carbocycles. The molecule has 0 saturated carbocycles. The number of H-pyrrole nitrogens is 1. The van der Waals surface area contributed by atoms with E-state index in [2.05, 4.69) is 20.6 Å². The zero-order valence-electron chi connectivity index (χ0n) is 10.3. The van der Waals surface area contributed by atoms with E-state index in [1.807, 2.05) is 6.92 Å². The van der Waals surface area contributed by atoms with Crippen molar-refractivity contribution >= 4 is 12.0 Å². The molecule has 0 fully saturated rings. The van der Waals surface area contributed by atoms with Crippen LogP contribution in [0.25, 0.3) is 0 Å². The predicted molar refractivity (Wildman–Crippen MR) is 64.9 cm³/mol. The first-order chi connectivity index (χ1) is 8.63. The molecular formula is C11H18N4O3. The van der Waals surface area contributed by atoms with Gasteiger partial charge in [0, 0.05) is 12.4 Å². The van der Waals surface area contributed by atoms with Crippen molar-refractivity contribution in [3.05, 3.63) is 18.2 Å². The lowest BCUT2D eigenvalue weighted by Crippen LogP contribution is -2.45. The Hall–Kier alpha value is -2.05. The first kappa shape index (κ1) is 14.0. The lowest BCUT2D eigenvalue weighted by molar-refractivity contribution is -0.139. The maximum absolute atomic E-state index is 11.5. The van der Waals surface area contributed by atoms with Gasteiger partial charge in [-0.3, -0.25) is 0 Å². The van der Waals surface area contributed by atoms with Crippen LogP contribution < -0.4 is 10.6 Å². The summed E-state index contributed by atoms with van der Waals surface area (Å²) in [4.78, 5) is 29.2. The van der Waals surface area contributed by atoms with Crippen LogP contribution in [0.2, 0.25) is 0 Å². The van der Waals surface area contributed by atoms with Crippen molar-refractivity contribution in [1.29, 1.82) is 0 Å². The zero-order valence-corrected chi connectivity index (χ0v) is 10.3. The highest BCUT2D eigenvalue weighted by molar-refractivity contribution is 5.82. The van der Waals surface area contributed by atoms with Gasteiger partial charge in [0.15, 0.2) is 0 Å². The number of nitrogens with zero attached hydrogens (tertiary/aromatic N) is 1. The number of unbranched alkanes of at least 4 members (excludes halogenated alkanes) is 1. The molecule has 1 aromatic rings. The number of hydrogen-bond acceptors (Lipinski definition) is 3. The Kier molecular flexibility index (Phi) is 5.69. The van der Waals surface area contributed by atoms with Gasteiger partial charge in [-0.1, -0.05) is 19.8 Å². The predicted octanol–water partition coefficient (Wildman–Crippen LogP) is 0.852. The number of aromatic nitrogens is 2. The largest absolute Gasteiger partial charge is 0.480 e. The van der Waals surface area contributed by atoms with Crippen LogP contribution in [-0.4, -0.2) is 33.1 Å². The molecular weight excluding hydrogens is 236 g/mol. The highest BCUT2D eigenvalue weighted by atomic mass is 16.4. The van der Waals surface area contributed by atoms with Gasteiger partial charge in [0.2, 0.25) is 0 Å². The smallest absolute Gasteiger partial charge is 0.326 e. The summed E-state index contributed by atoms with van der Waals surface area (Å²) in [5, 5.41) is 13.9. The van der Waals surface area contributed by atoms with Crippen molar-refractivity contribution in [3.63, 3.8) is 0 Å². The van der Waals surface area contributed by atoms with Crippen molar-refractivity contribution < 1.29 is 14.7 Å². The van der Waals surface area contributed by atoms with Crippen LogP contribution in [0, 0.1) is 0 Å². The summed E-state index contributed by atoms with van der Waals surface area (Å²) in [6.45, 7) is 2.20. The third-order valence-electron chi connectivity index (χ3n) is 2.42. The van der Waals surface area contributed by atoms with Crippen molar-refractivity contribution in [2.45, 2.75) is 38.8 Å². The topological polar surface area (TPSA) is 107 Å². The van der Waals surface area contributed by atoms with Crippen LogP contribution in [0.4, 0.5) is 4.79 Å². The van der Waals surface area contributed by atoms with Gasteiger partial charge >= 0.3 is 12.0 Å². The summed E-state index contributed by atoms with van der Waals surface area (Å²) in [6.07, 6.45) is 5.31. The molecule has 1 unspecified atom stereocenters. The Morgan fingerprint density at radius 3 is 2.89 bits per heavy atom. The quantitative estimate of drug-likeness (QED) is 0.578. The van der Waals surface area contributed by atoms with E-state index in [0.29, 0.717) is 12.2 Å². The van der Waals surface area contributed by atoms with Crippen molar-refractivity contribution in [2.24, 2.45) is 0 Å². The van der Waals surface area contributed by atoms with Gasteiger partial charge in [0.05, 0.1) is 6.54 Å². The number of imidazole rings is 1. The van der Waals surface area contributed by atoms with E-state index in [-0.39, 0.29) is 6.54 Å². The van der Waals surface area contributed by atoms with Crippen molar-refractivity contribution in [1.82, 2.24) is 20.6 Å². The second kappa shape index (κ2) is 7.31. The molecule has 18 heavy (non-hydrogen) atoms. The minimum absolute atomic E-state index is 0.235. The van der Waals surface area contributed by atoms with Crippen LogP contribution >= 0.6 is 0 Å². The zero-order chi connectivity index (χ0) is 13.4. The van der Waals surface area contributed by atoms with Gasteiger partial charge in [0.1, 0.15) is 11.9 Å². The molecule has 0 saturated heterocycles. The average Bonchev–Trinajstić information content (AvgIpc) is 2.84. The van der Waals surface area contributed by atoms with Crippen LogP contribution in [0.1, 0.15) is 32.0 Å². The monoisotopic (exact) mass is 254 g/mol. The molecule has 7 nitrogen and oxygen atoms in total. The summed E-state index contributed by atoms with van der Waals surface area (Å²) < 4.78 is 0. The van der Waals surface area contributed by atoms with Crippen LogP contribution in [0.15, 0.2) is 12.4 Å². The third kappa shape index (κ3) is 4.86. The number of carboxylic acid groups (broad SMARTS) is 1. The summed E-state index contributed by atoms with van der Waals surface area (Å²) in [5.41, 5.74) is 0. The molecule has 2 amide bonds. The average molecular weight is 254 g/mol. The fraction of sp³-hybridized carbons (Fsp3) is 0.545. The minimum atomic E-state index is -1.02. The number of carboxylic acids is 1. The van der Waals surface area contributed by atoms with Crippen LogP contribution in [0.5, 0.6) is 0 Å². The number of carbonyl (C=O) groups excluding carboxylic acids is 1. The van der Waals surface area contributed by atoms with Gasteiger partial charge < -0.3 is 20.7 Å². The lowest BCUT2D eigenvalue weighted by Gasteiger charge is -2.14. The van der Waals surface area contributed by atoms with E-state index in [4.69, 9.17) is 5.11 Å². The Bertz CT molecular complexity index is 378. The molecule has 0 spiro atoms. The van der Waals surface area contributed by atoms with E-state index in [0.717, 1.165) is 12.8 Å². The number of carbonyl (C=O) groups is 2. The third-order valence-corrected chi connectivity index (χ3v) is 2.42. The van der Waals surface area contributed by atoms with E-state index in [1.54, 1.807) is 12.4 Å². The Morgan fingerprint density at radius 1 is 1.56 bits per heavy atom. The SMILES string of the molecule is CCCCC(NC(=O)NCc1ncc[nH]1)C(=O)O. The molecule has 0 aromatic carbocycles. The van der Waals surface area contributed by atoms with Crippen LogP contribution in [0.3, 0.4) is 0 Å². The first-order valence-corrected chi connectivity index (χ1v) is 5.89. The number of urea groups is 1. The number of aromatic amines is 1. The molecule has 0 aliphatic heterocycles. The van der Waals surface area contributed by atoms with Crippen molar-refractivity contribution in [3.8, 4) is 0 Å². The Morgan fingerprint density at radius 2 is 2.33 bits per heavy atom. The van der Waals surface area contributed by atoms with Gasteiger partial charge in [-0.05, 0) is 6.42 Å². The molecule has 1 heterocycles. The molecule has 100 valence electrons. The van der Waals surface area contributed by atoms with Gasteiger partial charge in [-0.25, -0.2) is 14.6 Å². The number of rotatable bonds is 7. The van der Waals surface area contributed by atoms with E-state index in [9.17, 15) is 9.59 Å². The van der Waals surface area contributed by atoms with Crippen LogP contribution in [-0.2, 0) is 11.3 Å². The first-order valence-electron chi connectivity index (χ1n) is 5.89. The summed E-state index contributed by atoms with van der Waals surface area (Å²) >= 11 is 0. The Balaban J connectivity index is 2.34. The van der Waals surface area contributed by atoms with Gasteiger partial charge in [0.25, 0.3) is 0 Å². The normalized spacial score (nSPS) is 11.8.